The summed E-state index contributed by atoms with van der Waals surface area (Å²) >= 11 is 3.34. The first kappa shape index (κ1) is 17.1. The maximum atomic E-state index is 12.1. The quantitative estimate of drug-likeness (QED) is 0.838. The van der Waals surface area contributed by atoms with Gasteiger partial charge in [0.05, 0.1) is 11.8 Å². The van der Waals surface area contributed by atoms with Crippen molar-refractivity contribution in [3.63, 3.8) is 0 Å². The Hall–Kier alpha value is -0.920. The van der Waals surface area contributed by atoms with Gasteiger partial charge in [-0.25, -0.2) is 13.1 Å². The minimum absolute atomic E-state index is 0.194. The second-order valence-electron chi connectivity index (χ2n) is 5.42. The summed E-state index contributed by atoms with van der Waals surface area (Å²) in [4.78, 5) is 12.1. The minimum atomic E-state index is -3.32. The third kappa shape index (κ3) is 5.60. The number of hydrogen-bond donors (Lipinski definition) is 2. The Kier molecular flexibility index (Phi) is 5.34. The molecular formula is C13H19BrN2O3S. The van der Waals surface area contributed by atoms with Gasteiger partial charge in [0.25, 0.3) is 5.91 Å². The third-order valence-corrected chi connectivity index (χ3v) is 4.10. The molecule has 112 valence electrons. The molecule has 0 saturated heterocycles. The largest absolute Gasteiger partial charge is 0.350 e. The molecule has 7 heteroatoms. The molecule has 0 aliphatic rings. The molecule has 0 unspecified atom stereocenters. The lowest BCUT2D eigenvalue weighted by atomic mass is 10.1. The van der Waals surface area contributed by atoms with E-state index < -0.39 is 15.6 Å². The zero-order valence-electron chi connectivity index (χ0n) is 12.0. The monoisotopic (exact) mass is 362 g/mol. The number of amides is 1. The predicted octanol–water partition coefficient (Wildman–Crippen LogP) is 1.82. The fourth-order valence-corrected chi connectivity index (χ4v) is 3.49. The van der Waals surface area contributed by atoms with E-state index >= 15 is 0 Å². The summed E-state index contributed by atoms with van der Waals surface area (Å²) in [5.74, 6) is -0.250. The van der Waals surface area contributed by atoms with E-state index in [0.717, 1.165) is 11.8 Å². The lowest BCUT2D eigenvalue weighted by Gasteiger charge is -2.25. The van der Waals surface area contributed by atoms with Crippen molar-refractivity contribution in [3.05, 3.63) is 33.8 Å². The van der Waals surface area contributed by atoms with Gasteiger partial charge in [-0.2, -0.15) is 0 Å². The van der Waals surface area contributed by atoms with Crippen LogP contribution in [0.3, 0.4) is 0 Å². The SMILES string of the molecule is Cc1ccc(C(=O)NCC(C)(C)NS(C)(=O)=O)c(Br)c1. The minimum Gasteiger partial charge on any atom is -0.350 e. The van der Waals surface area contributed by atoms with Gasteiger partial charge in [-0.05, 0) is 54.4 Å². The summed E-state index contributed by atoms with van der Waals surface area (Å²) in [6, 6.07) is 5.43. The molecule has 0 fully saturated rings. The van der Waals surface area contributed by atoms with Crippen LogP contribution in [0.2, 0.25) is 0 Å². The van der Waals surface area contributed by atoms with E-state index in [1.165, 1.54) is 0 Å². The van der Waals surface area contributed by atoms with Gasteiger partial charge in [0.15, 0.2) is 0 Å². The van der Waals surface area contributed by atoms with E-state index in [-0.39, 0.29) is 12.5 Å². The summed E-state index contributed by atoms with van der Waals surface area (Å²) < 4.78 is 25.6. The summed E-state index contributed by atoms with van der Waals surface area (Å²) in [7, 11) is -3.32. The standard InChI is InChI=1S/C13H19BrN2O3S/c1-9-5-6-10(11(14)7-9)12(17)15-8-13(2,3)16-20(4,18)19/h5-7,16H,8H2,1-4H3,(H,15,17). The molecule has 0 heterocycles. The number of benzene rings is 1. The molecule has 1 aromatic carbocycles. The highest BCUT2D eigenvalue weighted by atomic mass is 79.9. The average molecular weight is 363 g/mol. The van der Waals surface area contributed by atoms with Crippen LogP contribution in [-0.2, 0) is 10.0 Å². The normalized spacial score (nSPS) is 12.2. The second-order valence-corrected chi connectivity index (χ2v) is 8.03. The second kappa shape index (κ2) is 6.24. The van der Waals surface area contributed by atoms with Crippen molar-refractivity contribution in [1.29, 1.82) is 0 Å². The van der Waals surface area contributed by atoms with Crippen molar-refractivity contribution in [1.82, 2.24) is 10.0 Å². The van der Waals surface area contributed by atoms with E-state index in [1.54, 1.807) is 19.9 Å². The Morgan fingerprint density at radius 1 is 1.35 bits per heavy atom. The molecule has 1 rings (SSSR count). The van der Waals surface area contributed by atoms with Crippen molar-refractivity contribution in [2.45, 2.75) is 26.3 Å². The van der Waals surface area contributed by atoms with Crippen molar-refractivity contribution < 1.29 is 13.2 Å². The number of carbonyl (C=O) groups is 1. The van der Waals surface area contributed by atoms with Gasteiger partial charge >= 0.3 is 0 Å². The Labute approximate surface area is 128 Å². The molecule has 5 nitrogen and oxygen atoms in total. The highest BCUT2D eigenvalue weighted by molar-refractivity contribution is 9.10. The predicted molar refractivity (Wildman–Crippen MR) is 83.3 cm³/mol. The first-order chi connectivity index (χ1) is 9.00. The number of nitrogens with one attached hydrogen (secondary N) is 2. The van der Waals surface area contributed by atoms with Crippen LogP contribution in [0.15, 0.2) is 22.7 Å². The highest BCUT2D eigenvalue weighted by Crippen LogP contribution is 2.18. The smallest absolute Gasteiger partial charge is 0.252 e. The first-order valence-electron chi connectivity index (χ1n) is 6.03. The number of rotatable bonds is 5. The van der Waals surface area contributed by atoms with Crippen molar-refractivity contribution in [2.75, 3.05) is 12.8 Å². The number of hydrogen-bond acceptors (Lipinski definition) is 3. The molecule has 0 atom stereocenters. The van der Waals surface area contributed by atoms with Crippen LogP contribution in [0.4, 0.5) is 0 Å². The van der Waals surface area contributed by atoms with Crippen LogP contribution in [0.25, 0.3) is 0 Å². The number of carbonyl (C=O) groups excluding carboxylic acids is 1. The maximum absolute atomic E-state index is 12.1. The van der Waals surface area contributed by atoms with Crippen LogP contribution in [-0.4, -0.2) is 32.7 Å². The van der Waals surface area contributed by atoms with Crippen LogP contribution in [0.5, 0.6) is 0 Å². The average Bonchev–Trinajstić information content (AvgIpc) is 2.22. The topological polar surface area (TPSA) is 75.3 Å². The molecule has 0 spiro atoms. The van der Waals surface area contributed by atoms with Gasteiger partial charge < -0.3 is 5.32 Å². The van der Waals surface area contributed by atoms with E-state index in [4.69, 9.17) is 0 Å². The van der Waals surface area contributed by atoms with Gasteiger partial charge in [0.2, 0.25) is 10.0 Å². The lowest BCUT2D eigenvalue weighted by molar-refractivity contribution is 0.0943. The van der Waals surface area contributed by atoms with E-state index in [0.29, 0.717) is 10.0 Å². The van der Waals surface area contributed by atoms with E-state index in [2.05, 4.69) is 26.0 Å². The van der Waals surface area contributed by atoms with E-state index in [1.807, 2.05) is 19.1 Å². The zero-order valence-corrected chi connectivity index (χ0v) is 14.4. The van der Waals surface area contributed by atoms with Crippen molar-refractivity contribution in [2.24, 2.45) is 0 Å². The Balaban J connectivity index is 2.72. The molecule has 0 aromatic heterocycles. The van der Waals surface area contributed by atoms with Crippen LogP contribution in [0.1, 0.15) is 29.8 Å². The molecule has 1 amide bonds. The fraction of sp³-hybridized carbons (Fsp3) is 0.462. The van der Waals surface area contributed by atoms with Gasteiger partial charge in [0, 0.05) is 16.6 Å². The maximum Gasteiger partial charge on any atom is 0.252 e. The van der Waals surface area contributed by atoms with Gasteiger partial charge in [-0.15, -0.1) is 0 Å². The number of aryl methyl sites for hydroxylation is 1. The first-order valence-corrected chi connectivity index (χ1v) is 8.72. The zero-order chi connectivity index (χ0) is 15.6. The molecule has 2 N–H and O–H groups in total. The molecule has 20 heavy (non-hydrogen) atoms. The van der Waals surface area contributed by atoms with Crippen molar-refractivity contribution >= 4 is 31.9 Å². The van der Waals surface area contributed by atoms with Gasteiger partial charge in [-0.1, -0.05) is 6.07 Å². The fourth-order valence-electron chi connectivity index (χ4n) is 1.74. The van der Waals surface area contributed by atoms with Crippen LogP contribution < -0.4 is 10.0 Å². The lowest BCUT2D eigenvalue weighted by Crippen LogP contribution is -2.51. The Morgan fingerprint density at radius 3 is 2.45 bits per heavy atom. The molecule has 0 aliphatic carbocycles. The molecule has 0 radical (unpaired) electrons. The van der Waals surface area contributed by atoms with E-state index in [9.17, 15) is 13.2 Å². The molecule has 0 saturated carbocycles. The summed E-state index contributed by atoms with van der Waals surface area (Å²) in [6.07, 6.45) is 1.09. The van der Waals surface area contributed by atoms with Crippen molar-refractivity contribution in [3.8, 4) is 0 Å². The molecule has 0 aliphatic heterocycles. The van der Waals surface area contributed by atoms with Gasteiger partial charge in [0.1, 0.15) is 0 Å². The third-order valence-electron chi connectivity index (χ3n) is 2.52. The Bertz CT molecular complexity index is 612. The van der Waals surface area contributed by atoms with Crippen LogP contribution >= 0.6 is 15.9 Å². The molecule has 1 aromatic rings. The highest BCUT2D eigenvalue weighted by Gasteiger charge is 2.23. The Morgan fingerprint density at radius 2 is 1.95 bits per heavy atom. The molecule has 0 bridgehead atoms. The number of halogens is 1. The number of sulfonamides is 1. The summed E-state index contributed by atoms with van der Waals surface area (Å²) in [6.45, 7) is 5.54. The van der Waals surface area contributed by atoms with Gasteiger partial charge in [-0.3, -0.25) is 4.79 Å². The summed E-state index contributed by atoms with van der Waals surface area (Å²) in [5, 5.41) is 2.73. The van der Waals surface area contributed by atoms with Crippen LogP contribution in [0, 0.1) is 6.92 Å². The summed E-state index contributed by atoms with van der Waals surface area (Å²) in [5.41, 5.74) is 0.818. The molecular weight excluding hydrogens is 344 g/mol.